The standard InChI is InChI=1S/C27H28Cl3N3O4S/c1-18-12-13-20(15-24(18)30)33(38(3,36)37)17-26(34)32(16-21-22(28)10-7-11-23(21)29)25(27(35)31-2)14-19-8-5-4-6-9-19/h4-13,15,25H,14,16-17H2,1-3H3,(H,31,35)/t25-/m0/s1. The van der Waals surface area contributed by atoms with Crippen molar-refractivity contribution in [2.24, 2.45) is 0 Å². The van der Waals surface area contributed by atoms with Crippen molar-refractivity contribution in [3.8, 4) is 0 Å². The number of aryl methyl sites for hydroxylation is 1. The number of benzene rings is 3. The van der Waals surface area contributed by atoms with Gasteiger partial charge in [-0.2, -0.15) is 0 Å². The van der Waals surface area contributed by atoms with Gasteiger partial charge in [-0.25, -0.2) is 8.42 Å². The summed E-state index contributed by atoms with van der Waals surface area (Å²) in [5.74, 6) is -1.04. The molecule has 0 aliphatic carbocycles. The molecule has 0 heterocycles. The van der Waals surface area contributed by atoms with Crippen LogP contribution in [-0.4, -0.2) is 51.0 Å². The molecule has 2 amide bonds. The van der Waals surface area contributed by atoms with E-state index in [9.17, 15) is 18.0 Å². The first-order chi connectivity index (χ1) is 17.9. The van der Waals surface area contributed by atoms with Gasteiger partial charge in [0.2, 0.25) is 21.8 Å². The van der Waals surface area contributed by atoms with Crippen LogP contribution in [0.3, 0.4) is 0 Å². The van der Waals surface area contributed by atoms with Crippen molar-refractivity contribution in [3.63, 3.8) is 0 Å². The van der Waals surface area contributed by atoms with Crippen LogP contribution in [0, 0.1) is 6.92 Å². The number of rotatable bonds is 10. The first kappa shape index (κ1) is 29.8. The molecule has 0 saturated heterocycles. The summed E-state index contributed by atoms with van der Waals surface area (Å²) in [4.78, 5) is 28.4. The average Bonchev–Trinajstić information content (AvgIpc) is 2.87. The summed E-state index contributed by atoms with van der Waals surface area (Å²) >= 11 is 19.1. The zero-order valence-electron chi connectivity index (χ0n) is 21.1. The Hall–Kier alpha value is -2.78. The number of anilines is 1. The fourth-order valence-electron chi connectivity index (χ4n) is 3.92. The van der Waals surface area contributed by atoms with Gasteiger partial charge >= 0.3 is 0 Å². The number of nitrogens with zero attached hydrogens (tertiary/aromatic N) is 2. The minimum atomic E-state index is -3.90. The van der Waals surface area contributed by atoms with Crippen molar-refractivity contribution < 1.29 is 18.0 Å². The van der Waals surface area contributed by atoms with Crippen LogP contribution in [0.5, 0.6) is 0 Å². The Morgan fingerprint density at radius 1 is 0.921 bits per heavy atom. The molecule has 0 bridgehead atoms. The number of carbonyl (C=O) groups excluding carboxylic acids is 2. The van der Waals surface area contributed by atoms with E-state index in [2.05, 4.69) is 5.32 Å². The first-order valence-corrected chi connectivity index (χ1v) is 14.6. The predicted molar refractivity (Wildman–Crippen MR) is 153 cm³/mol. The summed E-state index contributed by atoms with van der Waals surface area (Å²) in [6.45, 7) is 1.10. The molecular formula is C27H28Cl3N3O4S. The minimum Gasteiger partial charge on any atom is -0.357 e. The van der Waals surface area contributed by atoms with Crippen LogP contribution in [0.15, 0.2) is 66.7 Å². The third-order valence-corrected chi connectivity index (χ3v) is 8.29. The lowest BCUT2D eigenvalue weighted by Crippen LogP contribution is -2.53. The number of halogens is 3. The van der Waals surface area contributed by atoms with Crippen LogP contribution in [-0.2, 0) is 32.6 Å². The van der Waals surface area contributed by atoms with Gasteiger partial charge < -0.3 is 10.2 Å². The van der Waals surface area contributed by atoms with Gasteiger partial charge in [-0.15, -0.1) is 0 Å². The summed E-state index contributed by atoms with van der Waals surface area (Å²) < 4.78 is 26.6. The molecule has 0 radical (unpaired) electrons. The number of amides is 2. The van der Waals surface area contributed by atoms with Gasteiger partial charge in [-0.1, -0.05) is 77.3 Å². The van der Waals surface area contributed by atoms with Gasteiger partial charge in [-0.3, -0.25) is 13.9 Å². The second-order valence-electron chi connectivity index (χ2n) is 8.74. The third-order valence-electron chi connectivity index (χ3n) is 6.03. The van der Waals surface area contributed by atoms with Crippen molar-refractivity contribution >= 4 is 62.3 Å². The fourth-order valence-corrected chi connectivity index (χ4v) is 5.46. The number of hydrogen-bond acceptors (Lipinski definition) is 4. The zero-order valence-corrected chi connectivity index (χ0v) is 24.2. The number of nitrogens with one attached hydrogen (secondary N) is 1. The first-order valence-electron chi connectivity index (χ1n) is 11.6. The van der Waals surface area contributed by atoms with E-state index < -0.39 is 34.4 Å². The summed E-state index contributed by atoms with van der Waals surface area (Å²) in [5, 5.41) is 3.60. The van der Waals surface area contributed by atoms with Gasteiger partial charge in [0.25, 0.3) is 0 Å². The summed E-state index contributed by atoms with van der Waals surface area (Å²) in [5.41, 5.74) is 2.24. The van der Waals surface area contributed by atoms with Crippen LogP contribution in [0.1, 0.15) is 16.7 Å². The van der Waals surface area contributed by atoms with Gasteiger partial charge in [0, 0.05) is 40.6 Å². The predicted octanol–water partition coefficient (Wildman–Crippen LogP) is 5.11. The smallest absolute Gasteiger partial charge is 0.244 e. The summed E-state index contributed by atoms with van der Waals surface area (Å²) in [7, 11) is -2.43. The van der Waals surface area contributed by atoms with E-state index in [4.69, 9.17) is 34.8 Å². The second-order valence-corrected chi connectivity index (χ2v) is 11.9. The van der Waals surface area contributed by atoms with Crippen LogP contribution < -0.4 is 9.62 Å². The van der Waals surface area contributed by atoms with E-state index in [-0.39, 0.29) is 18.7 Å². The molecule has 1 N–H and O–H groups in total. The Balaban J connectivity index is 2.08. The lowest BCUT2D eigenvalue weighted by molar-refractivity contribution is -0.139. The maximum absolute atomic E-state index is 13.9. The monoisotopic (exact) mass is 595 g/mol. The molecular weight excluding hydrogens is 569 g/mol. The Morgan fingerprint density at radius 2 is 1.55 bits per heavy atom. The molecule has 3 aromatic rings. The molecule has 0 saturated carbocycles. The molecule has 38 heavy (non-hydrogen) atoms. The second kappa shape index (κ2) is 12.8. The van der Waals surface area contributed by atoms with E-state index >= 15 is 0 Å². The average molecular weight is 597 g/mol. The van der Waals surface area contributed by atoms with Crippen molar-refractivity contribution in [2.75, 3.05) is 24.2 Å². The van der Waals surface area contributed by atoms with Crippen molar-refractivity contribution in [1.29, 1.82) is 0 Å². The molecule has 0 spiro atoms. The summed E-state index contributed by atoms with van der Waals surface area (Å²) in [6, 6.07) is 17.9. The molecule has 0 unspecified atom stereocenters. The Kier molecular flexibility index (Phi) is 10.1. The van der Waals surface area contributed by atoms with Crippen LogP contribution in [0.25, 0.3) is 0 Å². The molecule has 0 fully saturated rings. The molecule has 11 heteroatoms. The van der Waals surface area contributed by atoms with E-state index in [0.717, 1.165) is 21.7 Å². The van der Waals surface area contributed by atoms with Gasteiger partial charge in [-0.05, 0) is 42.3 Å². The number of hydrogen-bond donors (Lipinski definition) is 1. The number of sulfonamides is 1. The maximum Gasteiger partial charge on any atom is 0.244 e. The molecule has 202 valence electrons. The van der Waals surface area contributed by atoms with Gasteiger partial charge in [0.15, 0.2) is 0 Å². The topological polar surface area (TPSA) is 86.8 Å². The SMILES string of the molecule is CNC(=O)[C@H](Cc1ccccc1)N(Cc1c(Cl)cccc1Cl)C(=O)CN(c1ccc(C)c(Cl)c1)S(C)(=O)=O. The molecule has 1 atom stereocenters. The normalized spacial score (nSPS) is 12.1. The molecule has 7 nitrogen and oxygen atoms in total. The Morgan fingerprint density at radius 3 is 2.11 bits per heavy atom. The Labute approximate surface area is 238 Å². The molecule has 0 aromatic heterocycles. The Bertz CT molecular complexity index is 1400. The highest BCUT2D eigenvalue weighted by Crippen LogP contribution is 2.29. The lowest BCUT2D eigenvalue weighted by atomic mass is 10.0. The van der Waals surface area contributed by atoms with E-state index in [1.165, 1.54) is 18.0 Å². The molecule has 3 aromatic carbocycles. The quantitative estimate of drug-likeness (QED) is 0.353. The fraction of sp³-hybridized carbons (Fsp3) is 0.259. The largest absolute Gasteiger partial charge is 0.357 e. The van der Waals surface area contributed by atoms with Crippen LogP contribution >= 0.6 is 34.8 Å². The molecule has 0 aliphatic heterocycles. The van der Waals surface area contributed by atoms with Gasteiger partial charge in [0.05, 0.1) is 11.9 Å². The number of likely N-dealkylation sites (N-methyl/N-ethyl adjacent to an activating group) is 1. The molecule has 3 rings (SSSR count). The maximum atomic E-state index is 13.9. The third kappa shape index (κ3) is 7.41. The highest BCUT2D eigenvalue weighted by Gasteiger charge is 2.33. The highest BCUT2D eigenvalue weighted by molar-refractivity contribution is 7.92. The van der Waals surface area contributed by atoms with Crippen molar-refractivity contribution in [2.45, 2.75) is 25.9 Å². The van der Waals surface area contributed by atoms with E-state index in [0.29, 0.717) is 20.6 Å². The van der Waals surface area contributed by atoms with Crippen molar-refractivity contribution in [1.82, 2.24) is 10.2 Å². The highest BCUT2D eigenvalue weighted by atomic mass is 35.5. The van der Waals surface area contributed by atoms with E-state index in [1.54, 1.807) is 37.3 Å². The summed E-state index contributed by atoms with van der Waals surface area (Å²) in [6.07, 6.45) is 1.19. The van der Waals surface area contributed by atoms with Crippen LogP contribution in [0.4, 0.5) is 5.69 Å². The minimum absolute atomic E-state index is 0.117. The van der Waals surface area contributed by atoms with E-state index in [1.807, 2.05) is 30.3 Å². The van der Waals surface area contributed by atoms with Gasteiger partial charge in [0.1, 0.15) is 12.6 Å². The lowest BCUT2D eigenvalue weighted by Gasteiger charge is -2.33. The number of carbonyl (C=O) groups is 2. The van der Waals surface area contributed by atoms with Crippen LogP contribution in [0.2, 0.25) is 15.1 Å². The zero-order chi connectivity index (χ0) is 28.0. The molecule has 0 aliphatic rings. The van der Waals surface area contributed by atoms with Crippen molar-refractivity contribution in [3.05, 3.63) is 98.5 Å².